The number of hydrogen-bond acceptors (Lipinski definition) is 5. The lowest BCUT2D eigenvalue weighted by molar-refractivity contribution is -0.126. The van der Waals surface area contributed by atoms with E-state index >= 15 is 0 Å². The zero-order chi connectivity index (χ0) is 49.1. The van der Waals surface area contributed by atoms with Crippen LogP contribution in [-0.2, 0) is 14.4 Å². The van der Waals surface area contributed by atoms with Gasteiger partial charge in [0.1, 0.15) is 18.5 Å². The number of allylic oxidation sites excluding steroid dienone is 30. The van der Waals surface area contributed by atoms with E-state index in [0.717, 1.165) is 45.3 Å². The third kappa shape index (κ3) is 18.7. The van der Waals surface area contributed by atoms with Gasteiger partial charge in [0, 0.05) is 0 Å². The zero-order valence-corrected chi connectivity index (χ0v) is 42.4. The lowest BCUT2D eigenvalue weighted by atomic mass is 9.71. The van der Waals surface area contributed by atoms with Crippen molar-refractivity contribution in [3.63, 3.8) is 0 Å². The largest absolute Gasteiger partial charge is 0.385 e. The van der Waals surface area contributed by atoms with Crippen molar-refractivity contribution >= 4 is 17.9 Å². The molecule has 0 spiro atoms. The highest BCUT2D eigenvalue weighted by Gasteiger charge is 2.37. The van der Waals surface area contributed by atoms with E-state index < -0.39 is 12.2 Å². The van der Waals surface area contributed by atoms with Gasteiger partial charge in [-0.2, -0.15) is 0 Å². The third-order valence-electron chi connectivity index (χ3n) is 12.4. The second-order valence-corrected chi connectivity index (χ2v) is 20.0. The van der Waals surface area contributed by atoms with E-state index in [9.17, 15) is 24.6 Å². The molecule has 0 aliphatic heterocycles. The van der Waals surface area contributed by atoms with Gasteiger partial charge in [-0.25, -0.2) is 0 Å². The van der Waals surface area contributed by atoms with E-state index in [4.69, 9.17) is 0 Å². The summed E-state index contributed by atoms with van der Waals surface area (Å²) < 4.78 is 0. The Hall–Kier alpha value is -5.23. The highest BCUT2D eigenvalue weighted by molar-refractivity contribution is 6.01. The molecule has 350 valence electrons. The molecule has 3 rings (SSSR count). The highest BCUT2D eigenvalue weighted by Crippen LogP contribution is 2.42. The molecule has 3 aliphatic rings. The fourth-order valence-electron chi connectivity index (χ4n) is 8.42. The van der Waals surface area contributed by atoms with Gasteiger partial charge in [0.15, 0.2) is 11.6 Å². The molecule has 0 aromatic carbocycles. The maximum absolute atomic E-state index is 12.2. The predicted octanol–water partition coefficient (Wildman–Crippen LogP) is 14.6. The number of carbonyl (C=O) groups excluding carboxylic acids is 3. The smallest absolute Gasteiger partial charge is 0.187 e. The van der Waals surface area contributed by atoms with Crippen LogP contribution in [0, 0.1) is 16.2 Å². The molecule has 0 saturated heterocycles. The predicted molar refractivity (Wildman–Crippen MR) is 277 cm³/mol. The van der Waals surface area contributed by atoms with Crippen LogP contribution in [0.5, 0.6) is 0 Å². The number of aldehydes is 1. The standard InChI is InChI=1S/C40H52O4.C20H28O/c1-27(17-13-19-29(3)21-23-33-31(5)37(43)35(41)25-39(33,7)8)15-11-12-16-28(2)18-14-20-30(4)22-24-34-32(6)38(44)36(42)26-40(34,9)10;1-16(8-6-9-17(2)13-15-21)11-12-19-18(3)10-7-14-20(19,4)5/h11-24,35-36,41-42H,25-26H2,1-10H3;6,8-9,11-13,15H,7,10,14H2,1-5H3/b12-11+,17-13+,18-14+,23-21+,24-22+,27-15+,28-16+,29-19+,30-20+;9-6+,12-11+,16-8+,17-13+. The van der Waals surface area contributed by atoms with E-state index in [2.05, 4.69) is 112 Å². The minimum atomic E-state index is -0.907. The van der Waals surface area contributed by atoms with Crippen LogP contribution in [-0.4, -0.2) is 40.3 Å². The quantitative estimate of drug-likeness (QED) is 0.0971. The Bertz CT molecular complexity index is 2150. The first-order valence-corrected chi connectivity index (χ1v) is 23.1. The maximum atomic E-state index is 12.2. The van der Waals surface area contributed by atoms with Crippen LogP contribution in [0.15, 0.2) is 188 Å². The lowest BCUT2D eigenvalue weighted by Crippen LogP contribution is -2.35. The Morgan fingerprint density at radius 3 is 1.15 bits per heavy atom. The van der Waals surface area contributed by atoms with Crippen LogP contribution in [0.3, 0.4) is 0 Å². The summed E-state index contributed by atoms with van der Waals surface area (Å²) in [6.45, 7) is 31.0. The van der Waals surface area contributed by atoms with Crippen LogP contribution in [0.2, 0.25) is 0 Å². The van der Waals surface area contributed by atoms with Gasteiger partial charge in [0.2, 0.25) is 0 Å². The normalized spacial score (nSPS) is 23.3. The van der Waals surface area contributed by atoms with Crippen LogP contribution in [0.1, 0.15) is 136 Å². The summed E-state index contributed by atoms with van der Waals surface area (Å²) in [6.07, 6.45) is 44.1. The second kappa shape index (κ2) is 26.1. The summed E-state index contributed by atoms with van der Waals surface area (Å²) in [5.41, 5.74) is 12.6. The SMILES string of the molecule is CC1=C(/C=C/C(C)=C/C=C/C(C)=C/C=C/C=C(C)/C=C/C=C(C)/C=C/C2=C(C)C(=O)C(O)CC2(C)C)C(C)(C)CC(O)C1=O.CC1=C(/C=C/C(C)=C/C=C/C(C)=C/C=O)C(C)(C)CCC1. The van der Waals surface area contributed by atoms with E-state index in [0.29, 0.717) is 24.0 Å². The number of Topliss-reactive ketones (excluding diaryl/α,β-unsaturated/α-hetero) is 2. The van der Waals surface area contributed by atoms with Crippen molar-refractivity contribution in [1.29, 1.82) is 0 Å². The number of rotatable bonds is 15. The first-order valence-electron chi connectivity index (χ1n) is 23.1. The monoisotopic (exact) mass is 881 g/mol. The van der Waals surface area contributed by atoms with Crippen molar-refractivity contribution < 1.29 is 24.6 Å². The molecule has 0 aromatic rings. The summed E-state index contributed by atoms with van der Waals surface area (Å²) in [4.78, 5) is 34.8. The number of ketones is 2. The summed E-state index contributed by atoms with van der Waals surface area (Å²) in [5, 5.41) is 20.0. The fraction of sp³-hybridized carbons (Fsp3) is 0.417. The summed E-state index contributed by atoms with van der Waals surface area (Å²) >= 11 is 0. The van der Waals surface area contributed by atoms with Gasteiger partial charge < -0.3 is 10.2 Å². The van der Waals surface area contributed by atoms with Crippen LogP contribution in [0.25, 0.3) is 0 Å². The van der Waals surface area contributed by atoms with E-state index in [-0.39, 0.29) is 27.8 Å². The molecule has 0 aromatic heterocycles. The van der Waals surface area contributed by atoms with E-state index in [1.165, 1.54) is 36.0 Å². The average molecular weight is 881 g/mol. The lowest BCUT2D eigenvalue weighted by Gasteiger charge is -2.34. The maximum Gasteiger partial charge on any atom is 0.187 e. The molecule has 2 atom stereocenters. The van der Waals surface area contributed by atoms with Gasteiger partial charge in [-0.1, -0.05) is 190 Å². The number of aliphatic hydroxyl groups excluding tert-OH is 2. The fourth-order valence-corrected chi connectivity index (χ4v) is 8.42. The first kappa shape index (κ1) is 55.9. The molecule has 3 aliphatic carbocycles. The highest BCUT2D eigenvalue weighted by atomic mass is 16.3. The second-order valence-electron chi connectivity index (χ2n) is 20.0. The van der Waals surface area contributed by atoms with Crippen LogP contribution in [0.4, 0.5) is 0 Å². The zero-order valence-electron chi connectivity index (χ0n) is 42.4. The van der Waals surface area contributed by atoms with Crippen molar-refractivity contribution in [3.8, 4) is 0 Å². The van der Waals surface area contributed by atoms with Crippen molar-refractivity contribution in [1.82, 2.24) is 0 Å². The Balaban J connectivity index is 0.000000576. The van der Waals surface area contributed by atoms with Crippen LogP contribution >= 0.6 is 0 Å². The summed E-state index contributed by atoms with van der Waals surface area (Å²) in [7, 11) is 0. The van der Waals surface area contributed by atoms with Crippen molar-refractivity contribution in [3.05, 3.63) is 188 Å². The molecule has 0 amide bonds. The molecule has 5 heteroatoms. The van der Waals surface area contributed by atoms with Crippen molar-refractivity contribution in [2.75, 3.05) is 0 Å². The molecule has 2 N–H and O–H groups in total. The summed E-state index contributed by atoms with van der Waals surface area (Å²) in [6, 6.07) is 0. The third-order valence-corrected chi connectivity index (χ3v) is 12.4. The number of hydrogen-bond donors (Lipinski definition) is 2. The average Bonchev–Trinajstić information content (AvgIpc) is 3.20. The van der Waals surface area contributed by atoms with Crippen molar-refractivity contribution in [2.24, 2.45) is 16.2 Å². The Kier molecular flexibility index (Phi) is 22.4. The van der Waals surface area contributed by atoms with E-state index in [1.54, 1.807) is 19.9 Å². The Morgan fingerprint density at radius 2 is 0.800 bits per heavy atom. The van der Waals surface area contributed by atoms with E-state index in [1.807, 2.05) is 93.7 Å². The number of aliphatic hydroxyl groups is 2. The molecule has 2 unspecified atom stereocenters. The van der Waals surface area contributed by atoms with Gasteiger partial charge in [-0.15, -0.1) is 0 Å². The Labute approximate surface area is 393 Å². The van der Waals surface area contributed by atoms with Gasteiger partial charge in [-0.3, -0.25) is 14.4 Å². The number of carbonyl (C=O) groups is 3. The molecule has 0 fully saturated rings. The summed E-state index contributed by atoms with van der Waals surface area (Å²) in [5.74, 6) is -0.350. The molecule has 0 saturated carbocycles. The minimum Gasteiger partial charge on any atom is -0.385 e. The molecular weight excluding hydrogens is 801 g/mol. The molecule has 0 heterocycles. The van der Waals surface area contributed by atoms with Gasteiger partial charge in [-0.05, 0) is 150 Å². The minimum absolute atomic E-state index is 0.175. The van der Waals surface area contributed by atoms with Crippen molar-refractivity contribution in [2.45, 2.75) is 148 Å². The van der Waals surface area contributed by atoms with Crippen LogP contribution < -0.4 is 0 Å². The first-order chi connectivity index (χ1) is 30.3. The molecular formula is C60H80O5. The van der Waals surface area contributed by atoms with Gasteiger partial charge in [0.25, 0.3) is 0 Å². The molecule has 5 nitrogen and oxygen atoms in total. The Morgan fingerprint density at radius 1 is 0.477 bits per heavy atom. The molecule has 0 bridgehead atoms. The van der Waals surface area contributed by atoms with Gasteiger partial charge in [0.05, 0.1) is 0 Å². The molecule has 0 radical (unpaired) electrons. The van der Waals surface area contributed by atoms with Gasteiger partial charge >= 0.3 is 0 Å². The molecule has 65 heavy (non-hydrogen) atoms. The topological polar surface area (TPSA) is 91.7 Å².